The number of hydrogen-bond acceptors (Lipinski definition) is 4. The number of nitrogens with zero attached hydrogens (tertiary/aromatic N) is 4. The van der Waals surface area contributed by atoms with Crippen LogP contribution in [-0.2, 0) is 7.05 Å². The molecule has 5 nitrogen and oxygen atoms in total. The number of aryl methyl sites for hydroxylation is 1. The lowest BCUT2D eigenvalue weighted by atomic mass is 10.2. The molecule has 0 aliphatic heterocycles. The zero-order valence-electron chi connectivity index (χ0n) is 9.74. The molecule has 0 unspecified atom stereocenters. The van der Waals surface area contributed by atoms with E-state index in [0.717, 1.165) is 5.56 Å². The normalized spacial score (nSPS) is 10.7. The Balaban J connectivity index is 2.30. The summed E-state index contributed by atoms with van der Waals surface area (Å²) in [4.78, 5) is 24.3. The van der Waals surface area contributed by atoms with Crippen molar-refractivity contribution in [2.45, 2.75) is 0 Å². The summed E-state index contributed by atoms with van der Waals surface area (Å²) in [7, 11) is 1.85. The molecule has 0 spiro atoms. The molecule has 3 aromatic heterocycles. The quantitative estimate of drug-likeness (QED) is 0.642. The van der Waals surface area contributed by atoms with E-state index >= 15 is 0 Å². The zero-order valence-corrected chi connectivity index (χ0v) is 9.74. The minimum Gasteiger partial charge on any atom is -0.335 e. The first-order chi connectivity index (χ1) is 8.75. The largest absolute Gasteiger partial charge is 0.335 e. The van der Waals surface area contributed by atoms with Gasteiger partial charge in [-0.1, -0.05) is 0 Å². The summed E-state index contributed by atoms with van der Waals surface area (Å²) in [5, 5.41) is 0.526. The Morgan fingerprint density at radius 3 is 2.72 bits per heavy atom. The first-order valence-corrected chi connectivity index (χ1v) is 5.48. The molecule has 88 valence electrons. The Labute approximate surface area is 103 Å². The van der Waals surface area contributed by atoms with Crippen LogP contribution in [0.5, 0.6) is 0 Å². The number of pyridine rings is 2. The standard InChI is InChI=1S/C13H10N4O/c1-17-7-4-11(18)10-8-15-12(16-13(10)17)9-2-5-14-6-3-9/h2-8H,1H3. The van der Waals surface area contributed by atoms with Crippen molar-refractivity contribution in [3.8, 4) is 11.4 Å². The Bertz CT molecular complexity index is 765. The van der Waals surface area contributed by atoms with Gasteiger partial charge in [0.05, 0.1) is 5.39 Å². The van der Waals surface area contributed by atoms with Gasteiger partial charge in [0.15, 0.2) is 11.3 Å². The third kappa shape index (κ3) is 1.66. The van der Waals surface area contributed by atoms with Gasteiger partial charge in [-0.25, -0.2) is 9.97 Å². The van der Waals surface area contributed by atoms with Gasteiger partial charge in [-0.3, -0.25) is 9.78 Å². The van der Waals surface area contributed by atoms with E-state index in [9.17, 15) is 4.79 Å². The molecule has 3 rings (SSSR count). The summed E-state index contributed by atoms with van der Waals surface area (Å²) >= 11 is 0. The van der Waals surface area contributed by atoms with Crippen molar-refractivity contribution < 1.29 is 0 Å². The predicted molar refractivity (Wildman–Crippen MR) is 68.0 cm³/mol. The van der Waals surface area contributed by atoms with Crippen molar-refractivity contribution in [1.82, 2.24) is 19.5 Å². The smallest absolute Gasteiger partial charge is 0.192 e. The molecule has 0 saturated heterocycles. The van der Waals surface area contributed by atoms with Crippen molar-refractivity contribution in [2.75, 3.05) is 0 Å². The fourth-order valence-corrected chi connectivity index (χ4v) is 1.80. The summed E-state index contributed by atoms with van der Waals surface area (Å²) < 4.78 is 1.81. The van der Waals surface area contributed by atoms with Gasteiger partial charge in [0.1, 0.15) is 5.65 Å². The molecule has 3 aromatic rings. The van der Waals surface area contributed by atoms with Crippen LogP contribution in [0.3, 0.4) is 0 Å². The maximum atomic E-state index is 11.7. The number of aromatic nitrogens is 4. The van der Waals surface area contributed by atoms with Gasteiger partial charge in [0, 0.05) is 43.5 Å². The van der Waals surface area contributed by atoms with Crippen LogP contribution in [0.25, 0.3) is 22.4 Å². The van der Waals surface area contributed by atoms with E-state index in [1.807, 2.05) is 23.7 Å². The van der Waals surface area contributed by atoms with Gasteiger partial charge in [-0.15, -0.1) is 0 Å². The van der Waals surface area contributed by atoms with Crippen molar-refractivity contribution in [3.63, 3.8) is 0 Å². The molecule has 0 aliphatic carbocycles. The Morgan fingerprint density at radius 2 is 1.94 bits per heavy atom. The third-order valence-corrected chi connectivity index (χ3v) is 2.76. The molecular weight excluding hydrogens is 228 g/mol. The van der Waals surface area contributed by atoms with Gasteiger partial charge in [-0.2, -0.15) is 0 Å². The van der Waals surface area contributed by atoms with Crippen molar-refractivity contribution >= 4 is 11.0 Å². The van der Waals surface area contributed by atoms with Gasteiger partial charge in [0.25, 0.3) is 0 Å². The second-order valence-corrected chi connectivity index (χ2v) is 3.96. The van der Waals surface area contributed by atoms with E-state index in [1.54, 1.807) is 24.8 Å². The highest BCUT2D eigenvalue weighted by Gasteiger charge is 2.06. The lowest BCUT2D eigenvalue weighted by Crippen LogP contribution is -2.08. The predicted octanol–water partition coefficient (Wildman–Crippen LogP) is 1.39. The lowest BCUT2D eigenvalue weighted by molar-refractivity contribution is 0.924. The van der Waals surface area contributed by atoms with Crippen LogP contribution in [0.2, 0.25) is 0 Å². The highest BCUT2D eigenvalue weighted by Crippen LogP contribution is 2.15. The molecule has 3 heterocycles. The molecule has 0 N–H and O–H groups in total. The molecule has 0 aliphatic rings. The van der Waals surface area contributed by atoms with Gasteiger partial charge in [0.2, 0.25) is 0 Å². The number of rotatable bonds is 1. The summed E-state index contributed by atoms with van der Waals surface area (Å²) in [6.45, 7) is 0. The SMILES string of the molecule is Cn1ccc(=O)c2cnc(-c3ccncc3)nc21. The van der Waals surface area contributed by atoms with Crippen molar-refractivity contribution in [1.29, 1.82) is 0 Å². The summed E-state index contributed by atoms with van der Waals surface area (Å²) in [6.07, 6.45) is 6.65. The summed E-state index contributed by atoms with van der Waals surface area (Å²) in [6, 6.07) is 5.18. The highest BCUT2D eigenvalue weighted by atomic mass is 16.1. The first-order valence-electron chi connectivity index (χ1n) is 5.48. The summed E-state index contributed by atoms with van der Waals surface area (Å²) in [5.41, 5.74) is 1.44. The van der Waals surface area contributed by atoms with Gasteiger partial charge in [-0.05, 0) is 12.1 Å². The third-order valence-electron chi connectivity index (χ3n) is 2.76. The maximum absolute atomic E-state index is 11.7. The molecule has 0 amide bonds. The minimum absolute atomic E-state index is 0.0654. The number of hydrogen-bond donors (Lipinski definition) is 0. The molecular formula is C13H10N4O. The molecule has 0 saturated carbocycles. The Hall–Kier alpha value is -2.56. The second-order valence-electron chi connectivity index (χ2n) is 3.96. The van der Waals surface area contributed by atoms with E-state index in [-0.39, 0.29) is 5.43 Å². The minimum atomic E-state index is -0.0654. The van der Waals surface area contributed by atoms with E-state index < -0.39 is 0 Å². The average molecular weight is 238 g/mol. The molecule has 0 aromatic carbocycles. The van der Waals surface area contributed by atoms with Crippen LogP contribution in [0.4, 0.5) is 0 Å². The highest BCUT2D eigenvalue weighted by molar-refractivity contribution is 5.75. The van der Waals surface area contributed by atoms with Crippen LogP contribution in [0, 0.1) is 0 Å². The first kappa shape index (κ1) is 10.6. The molecule has 0 atom stereocenters. The average Bonchev–Trinajstić information content (AvgIpc) is 2.44. The molecule has 0 bridgehead atoms. The topological polar surface area (TPSA) is 60.7 Å². The van der Waals surface area contributed by atoms with Crippen molar-refractivity contribution in [2.24, 2.45) is 7.05 Å². The fraction of sp³-hybridized carbons (Fsp3) is 0.0769. The summed E-state index contributed by atoms with van der Waals surface area (Å²) in [5.74, 6) is 0.589. The Morgan fingerprint density at radius 1 is 1.17 bits per heavy atom. The maximum Gasteiger partial charge on any atom is 0.192 e. The van der Waals surface area contributed by atoms with Gasteiger partial charge < -0.3 is 4.57 Å². The molecule has 0 radical (unpaired) electrons. The fourth-order valence-electron chi connectivity index (χ4n) is 1.80. The van der Waals surface area contributed by atoms with Crippen LogP contribution in [0.15, 0.2) is 47.8 Å². The Kier molecular flexibility index (Phi) is 2.37. The van der Waals surface area contributed by atoms with E-state index in [4.69, 9.17) is 0 Å². The molecule has 18 heavy (non-hydrogen) atoms. The lowest BCUT2D eigenvalue weighted by Gasteiger charge is -2.05. The van der Waals surface area contributed by atoms with Crippen LogP contribution >= 0.6 is 0 Å². The van der Waals surface area contributed by atoms with E-state index in [0.29, 0.717) is 16.9 Å². The number of fused-ring (bicyclic) bond motifs is 1. The monoisotopic (exact) mass is 238 g/mol. The van der Waals surface area contributed by atoms with Gasteiger partial charge >= 0.3 is 0 Å². The zero-order chi connectivity index (χ0) is 12.5. The van der Waals surface area contributed by atoms with Crippen molar-refractivity contribution in [3.05, 3.63) is 53.2 Å². The van der Waals surface area contributed by atoms with E-state index in [1.165, 1.54) is 6.07 Å². The second kappa shape index (κ2) is 4.03. The molecule has 0 fully saturated rings. The molecule has 5 heteroatoms. The van der Waals surface area contributed by atoms with Crippen LogP contribution < -0.4 is 5.43 Å². The van der Waals surface area contributed by atoms with Crippen LogP contribution in [-0.4, -0.2) is 19.5 Å². The van der Waals surface area contributed by atoms with Crippen LogP contribution in [0.1, 0.15) is 0 Å². The van der Waals surface area contributed by atoms with E-state index in [2.05, 4.69) is 15.0 Å².